The summed E-state index contributed by atoms with van der Waals surface area (Å²) >= 11 is 12.0. The van der Waals surface area contributed by atoms with Crippen molar-refractivity contribution in [1.29, 1.82) is 0 Å². The minimum Gasteiger partial charge on any atom is -0.496 e. The Morgan fingerprint density at radius 3 is 2.47 bits per heavy atom. The molecule has 0 heterocycles. The van der Waals surface area contributed by atoms with Gasteiger partial charge in [-0.05, 0) is 24.3 Å². The summed E-state index contributed by atoms with van der Waals surface area (Å²) in [6.07, 6.45) is 0. The summed E-state index contributed by atoms with van der Waals surface area (Å²) < 4.78 is 18.8. The lowest BCUT2D eigenvalue weighted by atomic mass is 10.2. The number of nitrogens with one attached hydrogen (secondary N) is 1. The third-order valence-corrected chi connectivity index (χ3v) is 3.37. The number of rotatable bonds is 4. The molecule has 0 radical (unpaired) electrons. The molecule has 2 rings (SSSR count). The molecule has 0 saturated heterocycles. The molecule has 2 nitrogen and oxygen atoms in total. The second-order valence-corrected chi connectivity index (χ2v) is 4.69. The van der Waals surface area contributed by atoms with Gasteiger partial charge >= 0.3 is 0 Å². The maximum atomic E-state index is 13.6. The lowest BCUT2D eigenvalue weighted by molar-refractivity contribution is 0.410. The van der Waals surface area contributed by atoms with Gasteiger partial charge in [0, 0.05) is 17.1 Å². The number of benzene rings is 2. The summed E-state index contributed by atoms with van der Waals surface area (Å²) in [5.74, 6) is 0.242. The molecule has 0 fully saturated rings. The van der Waals surface area contributed by atoms with E-state index in [0.29, 0.717) is 22.3 Å². The van der Waals surface area contributed by atoms with Crippen molar-refractivity contribution < 1.29 is 9.13 Å². The fraction of sp³-hybridized carbons (Fsp3) is 0.143. The molecule has 19 heavy (non-hydrogen) atoms. The minimum atomic E-state index is -0.404. The Balaban J connectivity index is 2.24. The second kappa shape index (κ2) is 6.13. The zero-order chi connectivity index (χ0) is 13.8. The number of hydrogen-bond donors (Lipinski definition) is 1. The van der Waals surface area contributed by atoms with Crippen LogP contribution in [0.4, 0.5) is 10.1 Å². The molecule has 0 amide bonds. The average molecular weight is 300 g/mol. The number of ether oxygens (including phenoxy) is 1. The average Bonchev–Trinajstić information content (AvgIpc) is 2.39. The smallest absolute Gasteiger partial charge is 0.147 e. The van der Waals surface area contributed by atoms with Crippen molar-refractivity contribution >= 4 is 28.9 Å². The van der Waals surface area contributed by atoms with E-state index in [1.807, 2.05) is 0 Å². The van der Waals surface area contributed by atoms with Gasteiger partial charge in [-0.1, -0.05) is 35.3 Å². The molecule has 0 aliphatic heterocycles. The Kier molecular flexibility index (Phi) is 4.51. The van der Waals surface area contributed by atoms with E-state index >= 15 is 0 Å². The molecule has 5 heteroatoms. The monoisotopic (exact) mass is 299 g/mol. The topological polar surface area (TPSA) is 21.3 Å². The zero-order valence-corrected chi connectivity index (χ0v) is 11.7. The van der Waals surface area contributed by atoms with Gasteiger partial charge in [0.05, 0.1) is 17.8 Å². The number of hydrogen-bond acceptors (Lipinski definition) is 2. The van der Waals surface area contributed by atoms with E-state index < -0.39 is 5.82 Å². The standard InChI is InChI=1S/C14H12Cl2FNO/c1-19-13-7-3-4-10(15)9(13)8-18-14-11(16)5-2-6-12(14)17/h2-7,18H,8H2,1H3. The van der Waals surface area contributed by atoms with Crippen LogP contribution in [0.5, 0.6) is 5.75 Å². The van der Waals surface area contributed by atoms with Crippen molar-refractivity contribution in [3.8, 4) is 5.75 Å². The summed E-state index contributed by atoms with van der Waals surface area (Å²) in [5.41, 5.74) is 1.01. The van der Waals surface area contributed by atoms with E-state index in [4.69, 9.17) is 27.9 Å². The first-order chi connectivity index (χ1) is 9.13. The van der Waals surface area contributed by atoms with E-state index in [0.717, 1.165) is 5.56 Å². The first-order valence-corrected chi connectivity index (χ1v) is 6.38. The molecule has 0 aliphatic rings. The molecule has 0 unspecified atom stereocenters. The number of anilines is 1. The van der Waals surface area contributed by atoms with Crippen molar-refractivity contribution in [3.63, 3.8) is 0 Å². The van der Waals surface area contributed by atoms with Crippen molar-refractivity contribution in [3.05, 3.63) is 57.8 Å². The normalized spacial score (nSPS) is 10.3. The number of methoxy groups -OCH3 is 1. The van der Waals surface area contributed by atoms with E-state index in [2.05, 4.69) is 5.32 Å². The molecule has 100 valence electrons. The molecule has 0 aromatic heterocycles. The lowest BCUT2D eigenvalue weighted by Crippen LogP contribution is -2.04. The van der Waals surface area contributed by atoms with Crippen LogP contribution in [0.25, 0.3) is 0 Å². The van der Waals surface area contributed by atoms with Crippen molar-refractivity contribution in [2.24, 2.45) is 0 Å². The van der Waals surface area contributed by atoms with Crippen LogP contribution in [-0.2, 0) is 6.54 Å². The molecule has 1 N–H and O–H groups in total. The molecule has 0 spiro atoms. The quantitative estimate of drug-likeness (QED) is 0.879. The van der Waals surface area contributed by atoms with Crippen LogP contribution in [-0.4, -0.2) is 7.11 Å². The predicted octanol–water partition coefficient (Wildman–Crippen LogP) is 4.75. The van der Waals surface area contributed by atoms with Gasteiger partial charge in [-0.25, -0.2) is 4.39 Å². The van der Waals surface area contributed by atoms with Crippen molar-refractivity contribution in [1.82, 2.24) is 0 Å². The lowest BCUT2D eigenvalue weighted by Gasteiger charge is -2.13. The predicted molar refractivity (Wildman–Crippen MR) is 76.7 cm³/mol. The van der Waals surface area contributed by atoms with E-state index in [1.165, 1.54) is 6.07 Å². The SMILES string of the molecule is COc1cccc(Cl)c1CNc1c(F)cccc1Cl. The van der Waals surface area contributed by atoms with Crippen LogP contribution in [0.15, 0.2) is 36.4 Å². The van der Waals surface area contributed by atoms with E-state index in [-0.39, 0.29) is 5.69 Å². The zero-order valence-electron chi connectivity index (χ0n) is 10.2. The molecule has 0 atom stereocenters. The van der Waals surface area contributed by atoms with Gasteiger partial charge < -0.3 is 10.1 Å². The molecular weight excluding hydrogens is 288 g/mol. The van der Waals surface area contributed by atoms with Crippen molar-refractivity contribution in [2.75, 3.05) is 12.4 Å². The van der Waals surface area contributed by atoms with Gasteiger partial charge in [-0.15, -0.1) is 0 Å². The third-order valence-electron chi connectivity index (χ3n) is 2.70. The summed E-state index contributed by atoms with van der Waals surface area (Å²) in [6.45, 7) is 0.323. The second-order valence-electron chi connectivity index (χ2n) is 3.87. The van der Waals surface area contributed by atoms with Gasteiger partial charge in [-0.2, -0.15) is 0 Å². The van der Waals surface area contributed by atoms with Gasteiger partial charge in [-0.3, -0.25) is 0 Å². The molecule has 2 aromatic carbocycles. The van der Waals surface area contributed by atoms with Gasteiger partial charge in [0.15, 0.2) is 0 Å². The summed E-state index contributed by atoms with van der Waals surface area (Å²) in [5, 5.41) is 3.82. The Hall–Kier alpha value is -1.45. The Morgan fingerprint density at radius 2 is 1.79 bits per heavy atom. The number of halogens is 3. The summed E-state index contributed by atoms with van der Waals surface area (Å²) in [6, 6.07) is 9.87. The molecule has 0 saturated carbocycles. The highest BCUT2D eigenvalue weighted by molar-refractivity contribution is 6.33. The first kappa shape index (κ1) is 14.0. The maximum Gasteiger partial charge on any atom is 0.147 e. The van der Waals surface area contributed by atoms with E-state index in [9.17, 15) is 4.39 Å². The Bertz CT molecular complexity index is 569. The molecule has 0 bridgehead atoms. The minimum absolute atomic E-state index is 0.256. The van der Waals surface area contributed by atoms with Crippen LogP contribution in [0.3, 0.4) is 0 Å². The van der Waals surface area contributed by atoms with Crippen molar-refractivity contribution in [2.45, 2.75) is 6.54 Å². The largest absolute Gasteiger partial charge is 0.496 e. The van der Waals surface area contributed by atoms with Crippen LogP contribution in [0.2, 0.25) is 10.0 Å². The summed E-state index contributed by atoms with van der Waals surface area (Å²) in [7, 11) is 1.56. The van der Waals surface area contributed by atoms with E-state index in [1.54, 1.807) is 37.4 Å². The fourth-order valence-electron chi connectivity index (χ4n) is 1.75. The van der Waals surface area contributed by atoms with Gasteiger partial charge in [0.2, 0.25) is 0 Å². The van der Waals surface area contributed by atoms with Crippen LogP contribution >= 0.6 is 23.2 Å². The Labute approximate surface area is 121 Å². The van der Waals surface area contributed by atoms with Gasteiger partial charge in [0.25, 0.3) is 0 Å². The van der Waals surface area contributed by atoms with Crippen LogP contribution in [0, 0.1) is 5.82 Å². The van der Waals surface area contributed by atoms with Gasteiger partial charge in [0.1, 0.15) is 11.6 Å². The third kappa shape index (κ3) is 3.11. The van der Waals surface area contributed by atoms with Crippen LogP contribution < -0.4 is 10.1 Å². The maximum absolute atomic E-state index is 13.6. The first-order valence-electron chi connectivity index (χ1n) is 5.62. The molecule has 0 aliphatic carbocycles. The Morgan fingerprint density at radius 1 is 1.11 bits per heavy atom. The molecular formula is C14H12Cl2FNO. The highest BCUT2D eigenvalue weighted by atomic mass is 35.5. The van der Waals surface area contributed by atoms with Crippen LogP contribution in [0.1, 0.15) is 5.56 Å². The highest BCUT2D eigenvalue weighted by Gasteiger charge is 2.10. The fourth-order valence-corrected chi connectivity index (χ4v) is 2.21. The highest BCUT2D eigenvalue weighted by Crippen LogP contribution is 2.29. The number of para-hydroxylation sites is 1. The molecule has 2 aromatic rings. The summed E-state index contributed by atoms with van der Waals surface area (Å²) in [4.78, 5) is 0.